The van der Waals surface area contributed by atoms with Crippen LogP contribution in [0.15, 0.2) is 30.5 Å². The van der Waals surface area contributed by atoms with E-state index in [9.17, 15) is 14.4 Å². The van der Waals surface area contributed by atoms with E-state index in [1.54, 1.807) is 23.6 Å². The average Bonchev–Trinajstić information content (AvgIpc) is 3.63. The molecule has 248 valence electrons. The van der Waals surface area contributed by atoms with Gasteiger partial charge in [0.25, 0.3) is 0 Å². The van der Waals surface area contributed by atoms with Crippen LogP contribution in [0.1, 0.15) is 73.1 Å². The summed E-state index contributed by atoms with van der Waals surface area (Å²) >= 11 is 0. The van der Waals surface area contributed by atoms with E-state index >= 15 is 0 Å². The maximum atomic E-state index is 13.3. The number of anilines is 1. The fourth-order valence-corrected chi connectivity index (χ4v) is 6.41. The van der Waals surface area contributed by atoms with Crippen LogP contribution >= 0.6 is 0 Å². The van der Waals surface area contributed by atoms with Gasteiger partial charge in [-0.25, -0.2) is 4.79 Å². The van der Waals surface area contributed by atoms with Crippen LogP contribution in [0.25, 0.3) is 11.3 Å². The van der Waals surface area contributed by atoms with Gasteiger partial charge in [-0.1, -0.05) is 31.2 Å². The van der Waals surface area contributed by atoms with Crippen LogP contribution in [0.3, 0.4) is 0 Å². The molecule has 12 heteroatoms. The Bertz CT molecular complexity index is 1320. The van der Waals surface area contributed by atoms with Crippen LogP contribution in [0.4, 0.5) is 10.5 Å². The van der Waals surface area contributed by atoms with Crippen molar-refractivity contribution in [3.8, 4) is 11.3 Å². The third-order valence-electron chi connectivity index (χ3n) is 9.27. The summed E-state index contributed by atoms with van der Waals surface area (Å²) in [5.41, 5.74) is 7.73. The molecule has 1 aromatic carbocycles. The summed E-state index contributed by atoms with van der Waals surface area (Å²) in [7, 11) is 1.66. The molecule has 45 heavy (non-hydrogen) atoms. The Morgan fingerprint density at radius 2 is 1.89 bits per heavy atom. The zero-order valence-electron chi connectivity index (χ0n) is 27.5. The highest BCUT2D eigenvalue weighted by atomic mass is 16.6. The van der Waals surface area contributed by atoms with Crippen LogP contribution in [0, 0.1) is 11.8 Å². The van der Waals surface area contributed by atoms with Crippen molar-refractivity contribution in [3.63, 3.8) is 0 Å². The van der Waals surface area contributed by atoms with Crippen LogP contribution < -0.4 is 11.1 Å². The van der Waals surface area contributed by atoms with Gasteiger partial charge in [-0.05, 0) is 77.5 Å². The number of hydrogen-bond acceptors (Lipinski definition) is 10. The molecular formula is C33H50N6O6. The molecule has 2 fully saturated rings. The minimum absolute atomic E-state index is 0.147. The van der Waals surface area contributed by atoms with E-state index in [0.29, 0.717) is 44.6 Å². The quantitative estimate of drug-likeness (QED) is 0.189. The number of esters is 1. The molecule has 2 aliphatic rings. The Hall–Kier alpha value is -3.51. The lowest BCUT2D eigenvalue weighted by atomic mass is 9.86. The zero-order valence-corrected chi connectivity index (χ0v) is 27.5. The molecule has 7 atom stereocenters. The maximum absolute atomic E-state index is 13.3. The highest BCUT2D eigenvalue weighted by Gasteiger charge is 2.49. The first-order valence-electron chi connectivity index (χ1n) is 16.2. The number of benzene rings is 1. The number of methoxy groups -OCH3 is 1. The second-order valence-corrected chi connectivity index (χ2v) is 13.0. The Morgan fingerprint density at radius 1 is 1.13 bits per heavy atom. The van der Waals surface area contributed by atoms with E-state index in [0.717, 1.165) is 24.1 Å². The third-order valence-corrected chi connectivity index (χ3v) is 9.27. The second-order valence-electron chi connectivity index (χ2n) is 13.0. The summed E-state index contributed by atoms with van der Waals surface area (Å²) in [6.07, 6.45) is 3.52. The van der Waals surface area contributed by atoms with Gasteiger partial charge < -0.3 is 25.3 Å². The number of nitrogens with zero attached hydrogens (tertiary/aromatic N) is 4. The second kappa shape index (κ2) is 15.2. The molecule has 3 heterocycles. The number of cyclic esters (lactones) is 1. The number of rotatable bonds is 8. The van der Waals surface area contributed by atoms with E-state index in [2.05, 4.69) is 22.6 Å². The van der Waals surface area contributed by atoms with Gasteiger partial charge in [0.2, 0.25) is 0 Å². The van der Waals surface area contributed by atoms with E-state index < -0.39 is 35.8 Å². The molecule has 2 aliphatic heterocycles. The molecular weight excluding hydrogens is 576 g/mol. The number of ether oxygens (including phenoxy) is 3. The number of aryl methyl sites for hydroxylation is 1. The predicted molar refractivity (Wildman–Crippen MR) is 170 cm³/mol. The lowest BCUT2D eigenvalue weighted by molar-refractivity contribution is -0.162. The van der Waals surface area contributed by atoms with Gasteiger partial charge >= 0.3 is 12.1 Å². The number of nitrogens with one attached hydrogen (secondary N) is 1. The summed E-state index contributed by atoms with van der Waals surface area (Å²) in [5.74, 6) is -1.45. The molecule has 0 aliphatic carbocycles. The SMILES string of the molecule is CC[C@H]1OC(=O)[C@H](C)C(=O)CC[C@](C)(OC)C[C@@H](C)CN[C@H](C)[C@@H]2[C@@H]1OC(=O)N2CCCCn1cc(-c2cccc(N)c2)nn1. The largest absolute Gasteiger partial charge is 0.458 e. The number of fused-ring (bicyclic) bond motifs is 1. The first kappa shape index (κ1) is 34.4. The molecule has 3 N–H and O–H groups in total. The molecule has 0 spiro atoms. The lowest BCUT2D eigenvalue weighted by Gasteiger charge is -2.35. The third kappa shape index (κ3) is 8.61. The van der Waals surface area contributed by atoms with E-state index in [4.69, 9.17) is 19.9 Å². The number of nitrogen functional groups attached to an aromatic ring is 1. The first-order valence-corrected chi connectivity index (χ1v) is 16.2. The Kier molecular flexibility index (Phi) is 11.6. The zero-order chi connectivity index (χ0) is 32.7. The first-order chi connectivity index (χ1) is 21.4. The van der Waals surface area contributed by atoms with Gasteiger partial charge in [-0.3, -0.25) is 19.2 Å². The van der Waals surface area contributed by atoms with Crippen molar-refractivity contribution in [2.75, 3.05) is 25.9 Å². The lowest BCUT2D eigenvalue weighted by Crippen LogP contribution is -2.54. The van der Waals surface area contributed by atoms with Crippen molar-refractivity contribution in [2.24, 2.45) is 11.8 Å². The molecule has 0 bridgehead atoms. The molecule has 0 saturated carbocycles. The molecule has 1 aromatic heterocycles. The van der Waals surface area contributed by atoms with Crippen molar-refractivity contribution < 1.29 is 28.6 Å². The molecule has 0 unspecified atom stereocenters. The highest BCUT2D eigenvalue weighted by molar-refractivity contribution is 5.98. The number of amides is 1. The number of carbonyl (C=O) groups is 3. The number of carbonyl (C=O) groups excluding carboxylic acids is 3. The van der Waals surface area contributed by atoms with Gasteiger partial charge in [0, 0.05) is 43.9 Å². The van der Waals surface area contributed by atoms with Gasteiger partial charge in [-0.15, -0.1) is 5.10 Å². The number of unbranched alkanes of at least 4 members (excludes halogenated alkanes) is 1. The molecule has 2 aromatic rings. The topological polar surface area (TPSA) is 151 Å². The average molecular weight is 627 g/mol. The molecule has 0 radical (unpaired) electrons. The number of hydrogen-bond donors (Lipinski definition) is 2. The monoisotopic (exact) mass is 626 g/mol. The minimum atomic E-state index is -0.915. The molecule has 12 nitrogen and oxygen atoms in total. The summed E-state index contributed by atoms with van der Waals surface area (Å²) in [6, 6.07) is 7.01. The fraction of sp³-hybridized carbons (Fsp3) is 0.667. The maximum Gasteiger partial charge on any atom is 0.410 e. The van der Waals surface area contributed by atoms with Crippen LogP contribution in [0.5, 0.6) is 0 Å². The number of aromatic nitrogens is 3. The minimum Gasteiger partial charge on any atom is -0.458 e. The van der Waals surface area contributed by atoms with E-state index in [-0.39, 0.29) is 30.2 Å². The van der Waals surface area contributed by atoms with Crippen LogP contribution in [0.2, 0.25) is 0 Å². The Morgan fingerprint density at radius 3 is 2.60 bits per heavy atom. The van der Waals surface area contributed by atoms with E-state index in [1.165, 1.54) is 0 Å². The fourth-order valence-electron chi connectivity index (χ4n) is 6.41. The van der Waals surface area contributed by atoms with Crippen molar-refractivity contribution in [2.45, 2.75) is 110 Å². The predicted octanol–water partition coefficient (Wildman–Crippen LogP) is 4.23. The Balaban J connectivity index is 1.47. The molecule has 4 rings (SSSR count). The van der Waals surface area contributed by atoms with Gasteiger partial charge in [0.1, 0.15) is 23.5 Å². The Labute approximate surface area is 266 Å². The van der Waals surface area contributed by atoms with Crippen molar-refractivity contribution in [3.05, 3.63) is 30.5 Å². The van der Waals surface area contributed by atoms with Crippen LogP contribution in [-0.4, -0.2) is 87.8 Å². The normalized spacial score (nSPS) is 30.3. The number of ketones is 1. The van der Waals surface area contributed by atoms with Gasteiger partial charge in [-0.2, -0.15) is 0 Å². The number of nitrogens with two attached hydrogens (primary N) is 1. The smallest absolute Gasteiger partial charge is 0.410 e. The van der Waals surface area contributed by atoms with Crippen LogP contribution in [-0.2, 0) is 30.3 Å². The van der Waals surface area contributed by atoms with Crippen molar-refractivity contribution in [1.29, 1.82) is 0 Å². The highest BCUT2D eigenvalue weighted by Crippen LogP contribution is 2.31. The van der Waals surface area contributed by atoms with Gasteiger partial charge in [0.15, 0.2) is 6.10 Å². The summed E-state index contributed by atoms with van der Waals surface area (Å²) in [6.45, 7) is 11.5. The van der Waals surface area contributed by atoms with E-state index in [1.807, 2.05) is 51.2 Å². The summed E-state index contributed by atoms with van der Waals surface area (Å²) in [4.78, 5) is 41.2. The standard InChI is InChI=1S/C33H50N6O6/c1-7-28-30-29(23(4)35-19-21(2)18-33(5,43-6)14-13-27(40)22(3)31(41)44-28)39(32(42)45-30)16-9-8-15-38-20-26(36-37-38)24-11-10-12-25(34)17-24/h10-12,17,20-23,28-30,35H,7-9,13-16,18-19,34H2,1-6H3/t21-,22-,23-,28-,29-,30-,33+/m1/s1. The molecule has 2 saturated heterocycles. The van der Waals surface area contributed by atoms with Crippen molar-refractivity contribution in [1.82, 2.24) is 25.2 Å². The van der Waals surface area contributed by atoms with Gasteiger partial charge in [0.05, 0.1) is 17.8 Å². The number of Topliss-reactive ketones (excluding diaryl/α,β-unsaturated/α-hetero) is 1. The molecule has 1 amide bonds. The van der Waals surface area contributed by atoms with Crippen molar-refractivity contribution >= 4 is 23.5 Å². The summed E-state index contributed by atoms with van der Waals surface area (Å²) < 4.78 is 19.5. The summed E-state index contributed by atoms with van der Waals surface area (Å²) in [5, 5.41) is 12.2.